The van der Waals surface area contributed by atoms with Gasteiger partial charge in [-0.3, -0.25) is 24.1 Å². The average molecular weight is 600 g/mol. The van der Waals surface area contributed by atoms with Crippen LogP contribution < -0.4 is 9.64 Å². The first-order chi connectivity index (χ1) is 19.2. The van der Waals surface area contributed by atoms with Crippen molar-refractivity contribution in [3.8, 4) is 11.5 Å². The molecular formula is C32H26BrNO6. The van der Waals surface area contributed by atoms with Crippen LogP contribution in [-0.2, 0) is 19.2 Å². The summed E-state index contributed by atoms with van der Waals surface area (Å²) in [5.41, 5.74) is 3.37. The number of nitrogens with zero attached hydrogens (tertiary/aromatic N) is 1. The van der Waals surface area contributed by atoms with Crippen LogP contribution in [0.4, 0.5) is 5.69 Å². The number of fused-ring (bicyclic) bond motifs is 3. The molecule has 2 amide bonds. The molecule has 202 valence electrons. The number of rotatable bonds is 4. The number of anilines is 1. The van der Waals surface area contributed by atoms with Gasteiger partial charge >= 0.3 is 0 Å². The maximum Gasteiger partial charge on any atom is 0.238 e. The van der Waals surface area contributed by atoms with Gasteiger partial charge in [-0.25, -0.2) is 0 Å². The third-order valence-electron chi connectivity index (χ3n) is 8.38. The van der Waals surface area contributed by atoms with Crippen LogP contribution in [0.1, 0.15) is 25.3 Å². The molecule has 2 aromatic rings. The normalized spacial score (nSPS) is 26.0. The lowest BCUT2D eigenvalue weighted by molar-refractivity contribution is -0.123. The van der Waals surface area contributed by atoms with Gasteiger partial charge in [-0.05, 0) is 73.7 Å². The molecule has 2 aromatic carbocycles. The van der Waals surface area contributed by atoms with Crippen LogP contribution in [0.2, 0.25) is 0 Å². The highest BCUT2D eigenvalue weighted by Gasteiger charge is 2.56. The van der Waals surface area contributed by atoms with E-state index in [9.17, 15) is 24.3 Å². The molecule has 8 heteroatoms. The Morgan fingerprint density at radius 1 is 1.02 bits per heavy atom. The Hall–Kier alpha value is -4.04. The number of hydrogen-bond acceptors (Lipinski definition) is 6. The minimum absolute atomic E-state index is 0.0109. The molecule has 7 nitrogen and oxygen atoms in total. The average Bonchev–Trinajstić information content (AvgIpc) is 3.20. The monoisotopic (exact) mass is 599 g/mol. The van der Waals surface area contributed by atoms with Crippen molar-refractivity contribution in [2.75, 3.05) is 12.0 Å². The molecule has 1 N–H and O–H groups in total. The molecule has 1 heterocycles. The van der Waals surface area contributed by atoms with Crippen LogP contribution in [0.25, 0.3) is 6.08 Å². The van der Waals surface area contributed by atoms with Crippen molar-refractivity contribution in [2.45, 2.75) is 19.8 Å². The number of ether oxygens (including phenoxy) is 1. The smallest absolute Gasteiger partial charge is 0.238 e. The van der Waals surface area contributed by atoms with Gasteiger partial charge < -0.3 is 9.84 Å². The number of phenolic OH excluding ortho intramolecular Hbond substituents is 1. The van der Waals surface area contributed by atoms with E-state index in [-0.39, 0.29) is 41.5 Å². The highest BCUT2D eigenvalue weighted by Crippen LogP contribution is 2.53. The Bertz CT molecular complexity index is 1610. The number of methoxy groups -OCH3 is 1. The Labute approximate surface area is 239 Å². The summed E-state index contributed by atoms with van der Waals surface area (Å²) in [7, 11) is 1.47. The van der Waals surface area contributed by atoms with Gasteiger partial charge in [0.1, 0.15) is 0 Å². The first-order valence-electron chi connectivity index (χ1n) is 13.1. The topological polar surface area (TPSA) is 101 Å². The van der Waals surface area contributed by atoms with Gasteiger partial charge in [0.2, 0.25) is 11.8 Å². The molecular weight excluding hydrogens is 574 g/mol. The molecule has 0 saturated carbocycles. The van der Waals surface area contributed by atoms with E-state index in [1.807, 2.05) is 18.2 Å². The zero-order chi connectivity index (χ0) is 28.3. The molecule has 4 unspecified atom stereocenters. The third-order valence-corrected chi connectivity index (χ3v) is 8.91. The molecule has 1 fully saturated rings. The number of hydrogen-bond donors (Lipinski definition) is 1. The Morgan fingerprint density at radius 2 is 1.77 bits per heavy atom. The predicted octanol–water partition coefficient (Wildman–Crippen LogP) is 5.34. The van der Waals surface area contributed by atoms with Crippen molar-refractivity contribution in [1.29, 1.82) is 0 Å². The van der Waals surface area contributed by atoms with E-state index < -0.39 is 17.8 Å². The van der Waals surface area contributed by atoms with Crippen LogP contribution in [0.5, 0.6) is 11.5 Å². The lowest BCUT2D eigenvalue weighted by Crippen LogP contribution is -2.40. The number of carbonyl (C=O) groups excluding carboxylic acids is 4. The first-order valence-corrected chi connectivity index (χ1v) is 13.9. The SMILES string of the molecule is COc1cc(C=CC2C3=CCC4C(=O)N(c5ccc(Br)cc5)C(=O)C4C3CC3=C2C(=O)C=C(C)C3=O)ccc1O. The second-order valence-electron chi connectivity index (χ2n) is 10.6. The van der Waals surface area contributed by atoms with Crippen molar-refractivity contribution in [3.63, 3.8) is 0 Å². The number of allylic oxidation sites excluding steroid dienone is 7. The van der Waals surface area contributed by atoms with Crippen LogP contribution in [0.15, 0.2) is 87.5 Å². The number of aromatic hydroxyl groups is 1. The van der Waals surface area contributed by atoms with E-state index in [1.54, 1.807) is 43.3 Å². The fourth-order valence-corrected chi connectivity index (χ4v) is 6.77. The molecule has 0 spiro atoms. The molecule has 1 aliphatic heterocycles. The third kappa shape index (κ3) is 4.09. The maximum atomic E-state index is 13.9. The number of ketones is 2. The molecule has 4 aliphatic rings. The number of halogens is 1. The van der Waals surface area contributed by atoms with Gasteiger partial charge in [0.25, 0.3) is 0 Å². The van der Waals surface area contributed by atoms with E-state index in [0.29, 0.717) is 34.6 Å². The Morgan fingerprint density at radius 3 is 2.50 bits per heavy atom. The van der Waals surface area contributed by atoms with E-state index in [4.69, 9.17) is 4.74 Å². The number of carbonyl (C=O) groups is 4. The van der Waals surface area contributed by atoms with Crippen LogP contribution in [0, 0.1) is 23.7 Å². The number of benzene rings is 2. The maximum absolute atomic E-state index is 13.9. The Balaban J connectivity index is 1.42. The van der Waals surface area contributed by atoms with Crippen molar-refractivity contribution < 1.29 is 29.0 Å². The standard InChI is InChI=1S/C32H26BrNO6/c1-16-13-26(36)28-21(9-3-17-4-12-25(35)27(14-17)40-2)20-10-11-22-29(23(20)15-24(28)30(16)37)32(39)34(31(22)38)19-7-5-18(33)6-8-19/h3-10,12-14,21-23,29,35H,11,15H2,1-2H3. The van der Waals surface area contributed by atoms with Crippen molar-refractivity contribution in [2.24, 2.45) is 23.7 Å². The van der Waals surface area contributed by atoms with Gasteiger partial charge in [-0.1, -0.05) is 45.8 Å². The number of imide groups is 1. The van der Waals surface area contributed by atoms with E-state index in [2.05, 4.69) is 15.9 Å². The zero-order valence-corrected chi connectivity index (χ0v) is 23.5. The van der Waals surface area contributed by atoms with Gasteiger partial charge in [0.05, 0.1) is 24.6 Å². The molecule has 4 atom stereocenters. The van der Waals surface area contributed by atoms with Gasteiger partial charge in [-0.2, -0.15) is 0 Å². The summed E-state index contributed by atoms with van der Waals surface area (Å²) in [6, 6.07) is 12.0. The first kappa shape index (κ1) is 26.2. The van der Waals surface area contributed by atoms with Crippen molar-refractivity contribution in [3.05, 3.63) is 93.0 Å². The van der Waals surface area contributed by atoms with Crippen LogP contribution in [0.3, 0.4) is 0 Å². The molecule has 1 saturated heterocycles. The summed E-state index contributed by atoms with van der Waals surface area (Å²) >= 11 is 3.40. The van der Waals surface area contributed by atoms with Crippen molar-refractivity contribution in [1.82, 2.24) is 0 Å². The van der Waals surface area contributed by atoms with Gasteiger partial charge in [0, 0.05) is 27.1 Å². The lowest BCUT2D eigenvalue weighted by Gasteiger charge is -2.41. The lowest BCUT2D eigenvalue weighted by atomic mass is 9.60. The number of phenols is 1. The largest absolute Gasteiger partial charge is 0.504 e. The summed E-state index contributed by atoms with van der Waals surface area (Å²) in [5, 5.41) is 9.98. The second kappa shape index (κ2) is 9.86. The van der Waals surface area contributed by atoms with E-state index in [1.165, 1.54) is 24.2 Å². The fraction of sp³-hybridized carbons (Fsp3) is 0.250. The zero-order valence-electron chi connectivity index (χ0n) is 21.9. The van der Waals surface area contributed by atoms with Gasteiger partial charge in [-0.15, -0.1) is 0 Å². The minimum Gasteiger partial charge on any atom is -0.504 e. The predicted molar refractivity (Wildman–Crippen MR) is 152 cm³/mol. The van der Waals surface area contributed by atoms with E-state index in [0.717, 1.165) is 15.6 Å². The molecule has 0 bridgehead atoms. The molecule has 40 heavy (non-hydrogen) atoms. The fourth-order valence-electron chi connectivity index (χ4n) is 6.51. The molecule has 3 aliphatic carbocycles. The highest BCUT2D eigenvalue weighted by atomic mass is 79.9. The molecule has 6 rings (SSSR count). The number of amides is 2. The van der Waals surface area contributed by atoms with Gasteiger partial charge in [0.15, 0.2) is 23.1 Å². The number of Topliss-reactive ketones (excluding diaryl/α,β-unsaturated/α-hetero) is 1. The molecule has 0 radical (unpaired) electrons. The minimum atomic E-state index is -0.621. The van der Waals surface area contributed by atoms with Crippen LogP contribution in [-0.4, -0.2) is 35.6 Å². The highest BCUT2D eigenvalue weighted by molar-refractivity contribution is 9.10. The summed E-state index contributed by atoms with van der Waals surface area (Å²) in [4.78, 5) is 55.3. The summed E-state index contributed by atoms with van der Waals surface area (Å²) in [6.45, 7) is 1.63. The Kier molecular flexibility index (Phi) is 6.45. The van der Waals surface area contributed by atoms with Crippen molar-refractivity contribution >= 4 is 51.1 Å². The summed E-state index contributed by atoms with van der Waals surface area (Å²) in [6.07, 6.45) is 7.69. The second-order valence-corrected chi connectivity index (χ2v) is 11.5. The molecule has 0 aromatic heterocycles. The summed E-state index contributed by atoms with van der Waals surface area (Å²) < 4.78 is 6.07. The quantitative estimate of drug-likeness (QED) is 0.289. The van der Waals surface area contributed by atoms with E-state index >= 15 is 0 Å². The summed E-state index contributed by atoms with van der Waals surface area (Å²) in [5.74, 6) is -2.65. The van der Waals surface area contributed by atoms with Crippen LogP contribution >= 0.6 is 15.9 Å².